The Morgan fingerprint density at radius 1 is 1.06 bits per heavy atom. The highest BCUT2D eigenvalue weighted by Crippen LogP contribution is 2.37. The van der Waals surface area contributed by atoms with Crippen molar-refractivity contribution >= 4 is 38.9 Å². The lowest BCUT2D eigenvalue weighted by atomic mass is 10.0. The van der Waals surface area contributed by atoms with Crippen molar-refractivity contribution < 1.29 is 36.2 Å². The number of benzene rings is 2. The molecule has 166 valence electrons. The van der Waals surface area contributed by atoms with Gasteiger partial charge in [-0.1, -0.05) is 22.0 Å². The van der Waals surface area contributed by atoms with Crippen LogP contribution in [0.25, 0.3) is 17.0 Å². The molecule has 3 aromatic rings. The third-order valence-corrected chi connectivity index (χ3v) is 5.02. The van der Waals surface area contributed by atoms with Crippen LogP contribution in [0, 0.1) is 11.3 Å². The van der Waals surface area contributed by atoms with E-state index in [0.29, 0.717) is 27.5 Å². The number of aliphatic carboxylic acids is 1. The molecule has 2 aromatic carbocycles. The second-order valence-corrected chi connectivity index (χ2v) is 7.68. The van der Waals surface area contributed by atoms with Crippen molar-refractivity contribution in [1.82, 2.24) is 4.57 Å². The summed E-state index contributed by atoms with van der Waals surface area (Å²) in [6.07, 6.45) is -7.50. The molecule has 0 bridgehead atoms. The van der Waals surface area contributed by atoms with Crippen LogP contribution in [0.3, 0.4) is 0 Å². The number of hydrogen-bond donors (Lipinski definition) is 1. The van der Waals surface area contributed by atoms with E-state index in [1.807, 2.05) is 0 Å². The Hall–Kier alpha value is -3.26. The second-order valence-electron chi connectivity index (χ2n) is 6.76. The van der Waals surface area contributed by atoms with Crippen molar-refractivity contribution in [1.29, 1.82) is 5.26 Å². The molecule has 0 saturated carbocycles. The molecule has 0 aliphatic rings. The van der Waals surface area contributed by atoms with Gasteiger partial charge in [0.2, 0.25) is 0 Å². The predicted molar refractivity (Wildman–Crippen MR) is 106 cm³/mol. The van der Waals surface area contributed by atoms with Gasteiger partial charge >= 0.3 is 18.3 Å². The third-order valence-electron chi connectivity index (χ3n) is 4.53. The monoisotopic (exact) mass is 516 g/mol. The van der Waals surface area contributed by atoms with Crippen molar-refractivity contribution in [2.75, 3.05) is 0 Å². The highest BCUT2D eigenvalue weighted by Gasteiger charge is 2.36. The van der Waals surface area contributed by atoms with Crippen molar-refractivity contribution in [3.05, 3.63) is 74.9 Å². The molecule has 0 amide bonds. The number of carbonyl (C=O) groups is 1. The number of hydrogen-bond acceptors (Lipinski definition) is 2. The van der Waals surface area contributed by atoms with Gasteiger partial charge in [-0.05, 0) is 42.0 Å². The van der Waals surface area contributed by atoms with Crippen LogP contribution in [0.15, 0.2) is 52.6 Å². The van der Waals surface area contributed by atoms with Crippen molar-refractivity contribution in [2.45, 2.75) is 18.9 Å². The van der Waals surface area contributed by atoms with Crippen LogP contribution in [0.2, 0.25) is 0 Å². The molecular formula is C21H11BrF6N2O2. The van der Waals surface area contributed by atoms with Crippen LogP contribution in [0.1, 0.15) is 22.3 Å². The number of alkyl halides is 6. The number of nitriles is 1. The van der Waals surface area contributed by atoms with E-state index in [-0.39, 0.29) is 23.7 Å². The fourth-order valence-corrected chi connectivity index (χ4v) is 3.49. The maximum Gasteiger partial charge on any atom is 0.416 e. The first-order valence-corrected chi connectivity index (χ1v) is 9.50. The minimum atomic E-state index is -4.98. The highest BCUT2D eigenvalue weighted by atomic mass is 79.9. The summed E-state index contributed by atoms with van der Waals surface area (Å²) in [5.74, 6) is -1.47. The molecule has 0 spiro atoms. The van der Waals surface area contributed by atoms with Crippen LogP contribution in [-0.4, -0.2) is 15.6 Å². The quantitative estimate of drug-likeness (QED) is 0.245. The molecule has 0 fully saturated rings. The Morgan fingerprint density at radius 2 is 1.66 bits per heavy atom. The van der Waals surface area contributed by atoms with Gasteiger partial charge in [0.1, 0.15) is 11.6 Å². The average Bonchev–Trinajstić information content (AvgIpc) is 3.00. The summed E-state index contributed by atoms with van der Waals surface area (Å²) in [4.78, 5) is 11.2. The van der Waals surface area contributed by atoms with E-state index < -0.39 is 35.0 Å². The van der Waals surface area contributed by atoms with E-state index in [1.54, 1.807) is 18.2 Å². The van der Waals surface area contributed by atoms with E-state index in [4.69, 9.17) is 10.4 Å². The summed E-state index contributed by atoms with van der Waals surface area (Å²) in [6, 6.07) is 7.64. The minimum absolute atomic E-state index is 0.0497. The van der Waals surface area contributed by atoms with Crippen LogP contribution in [-0.2, 0) is 23.7 Å². The zero-order valence-corrected chi connectivity index (χ0v) is 17.3. The average molecular weight is 517 g/mol. The highest BCUT2D eigenvalue weighted by molar-refractivity contribution is 9.10. The molecule has 0 unspecified atom stereocenters. The first-order chi connectivity index (χ1) is 14.8. The van der Waals surface area contributed by atoms with Gasteiger partial charge in [-0.25, -0.2) is 4.79 Å². The Labute approximate surface area is 185 Å². The SMILES string of the molecule is N#C/C(=C\c1cn(Cc2cc(C(F)(F)F)cc(C(F)(F)F)c2)c2cc(Br)ccc12)C(=O)O. The van der Waals surface area contributed by atoms with E-state index in [0.717, 1.165) is 6.08 Å². The third kappa shape index (κ3) is 4.96. The summed E-state index contributed by atoms with van der Waals surface area (Å²) in [6.45, 7) is -0.358. The molecule has 32 heavy (non-hydrogen) atoms. The molecule has 3 rings (SSSR count). The first kappa shape index (κ1) is 23.4. The fourth-order valence-electron chi connectivity index (χ4n) is 3.14. The van der Waals surface area contributed by atoms with Gasteiger partial charge in [0, 0.05) is 28.2 Å². The number of rotatable bonds is 4. The largest absolute Gasteiger partial charge is 0.477 e. The normalized spacial score (nSPS) is 12.8. The molecule has 0 saturated heterocycles. The van der Waals surface area contributed by atoms with Crippen LogP contribution >= 0.6 is 15.9 Å². The summed E-state index contributed by atoms with van der Waals surface area (Å²) in [5, 5.41) is 18.6. The maximum absolute atomic E-state index is 13.2. The Bertz CT molecular complexity index is 1250. The van der Waals surface area contributed by atoms with Crippen molar-refractivity contribution in [3.8, 4) is 6.07 Å². The summed E-state index contributed by atoms with van der Waals surface area (Å²) in [7, 11) is 0. The van der Waals surface area contributed by atoms with Gasteiger partial charge in [0.25, 0.3) is 0 Å². The fraction of sp³-hybridized carbons (Fsp3) is 0.143. The van der Waals surface area contributed by atoms with Gasteiger partial charge in [-0.3, -0.25) is 0 Å². The number of halogens is 7. The molecule has 4 nitrogen and oxygen atoms in total. The lowest BCUT2D eigenvalue weighted by molar-refractivity contribution is -0.143. The Kier molecular flexibility index (Phi) is 6.11. The zero-order valence-electron chi connectivity index (χ0n) is 15.7. The van der Waals surface area contributed by atoms with Gasteiger partial charge in [0.15, 0.2) is 0 Å². The predicted octanol–water partition coefficient (Wildman–Crippen LogP) is 6.48. The smallest absolute Gasteiger partial charge is 0.416 e. The molecule has 1 heterocycles. The topological polar surface area (TPSA) is 66.0 Å². The van der Waals surface area contributed by atoms with Crippen LogP contribution in [0.4, 0.5) is 26.3 Å². The van der Waals surface area contributed by atoms with E-state index in [1.165, 1.54) is 16.8 Å². The van der Waals surface area contributed by atoms with E-state index >= 15 is 0 Å². The van der Waals surface area contributed by atoms with Gasteiger partial charge < -0.3 is 9.67 Å². The molecular weight excluding hydrogens is 506 g/mol. The number of nitrogens with zero attached hydrogens (tertiary/aromatic N) is 2. The standard InChI is InChI=1S/C21H11BrF6N2O2/c22-16-1-2-17-13(5-12(8-29)19(31)32)10-30(18(17)7-16)9-11-3-14(20(23,24)25)6-15(4-11)21(26,27)28/h1-7,10H,9H2,(H,31,32)/b12-5+. The second kappa shape index (κ2) is 8.35. The first-order valence-electron chi connectivity index (χ1n) is 8.71. The Balaban J connectivity index is 2.19. The van der Waals surface area contributed by atoms with Crippen molar-refractivity contribution in [3.63, 3.8) is 0 Å². The number of fused-ring (bicyclic) bond motifs is 1. The van der Waals surface area contributed by atoms with Gasteiger partial charge in [0.05, 0.1) is 16.6 Å². The molecule has 1 N–H and O–H groups in total. The molecule has 1 aromatic heterocycles. The number of aromatic nitrogens is 1. The molecule has 0 radical (unpaired) electrons. The summed E-state index contributed by atoms with van der Waals surface area (Å²) in [5.41, 5.74) is -3.01. The molecule has 0 atom stereocenters. The zero-order chi connectivity index (χ0) is 23.8. The molecule has 0 aliphatic heterocycles. The lowest BCUT2D eigenvalue weighted by Gasteiger charge is -2.15. The summed E-state index contributed by atoms with van der Waals surface area (Å²) < 4.78 is 81.0. The van der Waals surface area contributed by atoms with E-state index in [2.05, 4.69) is 15.9 Å². The Morgan fingerprint density at radius 3 is 2.16 bits per heavy atom. The van der Waals surface area contributed by atoms with E-state index in [9.17, 15) is 31.1 Å². The summed E-state index contributed by atoms with van der Waals surface area (Å²) >= 11 is 3.25. The maximum atomic E-state index is 13.2. The van der Waals surface area contributed by atoms with Crippen LogP contribution < -0.4 is 0 Å². The lowest BCUT2D eigenvalue weighted by Crippen LogP contribution is -2.12. The minimum Gasteiger partial charge on any atom is -0.477 e. The van der Waals surface area contributed by atoms with Gasteiger partial charge in [-0.15, -0.1) is 0 Å². The van der Waals surface area contributed by atoms with Gasteiger partial charge in [-0.2, -0.15) is 31.6 Å². The van der Waals surface area contributed by atoms with Crippen LogP contribution in [0.5, 0.6) is 0 Å². The molecule has 11 heteroatoms. The number of carboxylic acid groups (broad SMARTS) is 1. The number of carboxylic acids is 1. The molecule has 0 aliphatic carbocycles. The van der Waals surface area contributed by atoms with Crippen molar-refractivity contribution in [2.24, 2.45) is 0 Å².